The van der Waals surface area contributed by atoms with E-state index in [0.717, 1.165) is 11.6 Å². The zero-order valence-corrected chi connectivity index (χ0v) is 14.1. The Bertz CT molecular complexity index is 790. The SMILES string of the molecule is O=C(O)C1CN(Cc2ccc(OCc3cc(OC(F)(F)F)ccn3)cc2)C1. The zero-order valence-electron chi connectivity index (χ0n) is 14.1. The lowest BCUT2D eigenvalue weighted by Crippen LogP contribution is -2.49. The zero-order chi connectivity index (χ0) is 19.4. The Kier molecular flexibility index (Phi) is 5.50. The molecule has 0 amide bonds. The second kappa shape index (κ2) is 7.83. The maximum absolute atomic E-state index is 12.2. The molecule has 6 nitrogen and oxygen atoms in total. The van der Waals surface area contributed by atoms with E-state index in [4.69, 9.17) is 9.84 Å². The topological polar surface area (TPSA) is 71.9 Å². The van der Waals surface area contributed by atoms with Crippen molar-refractivity contribution in [2.75, 3.05) is 13.1 Å². The van der Waals surface area contributed by atoms with Gasteiger partial charge in [-0.05, 0) is 23.8 Å². The van der Waals surface area contributed by atoms with Crippen LogP contribution in [0, 0.1) is 5.92 Å². The molecule has 144 valence electrons. The van der Waals surface area contributed by atoms with E-state index in [2.05, 4.69) is 9.72 Å². The van der Waals surface area contributed by atoms with Crippen LogP contribution in [0.15, 0.2) is 42.6 Å². The van der Waals surface area contributed by atoms with E-state index in [1.54, 1.807) is 12.1 Å². The van der Waals surface area contributed by atoms with Crippen molar-refractivity contribution in [3.8, 4) is 11.5 Å². The van der Waals surface area contributed by atoms with Crippen LogP contribution in [0.4, 0.5) is 13.2 Å². The van der Waals surface area contributed by atoms with Gasteiger partial charge in [-0.1, -0.05) is 12.1 Å². The van der Waals surface area contributed by atoms with Gasteiger partial charge >= 0.3 is 12.3 Å². The Morgan fingerprint density at radius 2 is 1.89 bits per heavy atom. The van der Waals surface area contributed by atoms with Crippen LogP contribution in [0.25, 0.3) is 0 Å². The fourth-order valence-corrected chi connectivity index (χ4v) is 2.69. The van der Waals surface area contributed by atoms with E-state index in [-0.39, 0.29) is 18.3 Å². The first kappa shape index (κ1) is 19.0. The molecule has 9 heteroatoms. The number of likely N-dealkylation sites (tertiary alicyclic amines) is 1. The number of hydrogen-bond acceptors (Lipinski definition) is 5. The van der Waals surface area contributed by atoms with Gasteiger partial charge in [0.05, 0.1) is 11.6 Å². The molecule has 1 aliphatic heterocycles. The van der Waals surface area contributed by atoms with Crippen molar-refractivity contribution in [2.45, 2.75) is 19.5 Å². The highest BCUT2D eigenvalue weighted by molar-refractivity contribution is 5.71. The Morgan fingerprint density at radius 1 is 1.19 bits per heavy atom. The number of rotatable bonds is 7. The molecule has 1 aromatic heterocycles. The number of carboxylic acid groups (broad SMARTS) is 1. The van der Waals surface area contributed by atoms with Crippen LogP contribution in [-0.2, 0) is 17.9 Å². The Balaban J connectivity index is 1.49. The Hall–Kier alpha value is -2.81. The molecule has 0 spiro atoms. The number of carbonyl (C=O) groups is 1. The number of benzene rings is 1. The van der Waals surface area contributed by atoms with Gasteiger partial charge in [0, 0.05) is 31.9 Å². The van der Waals surface area contributed by atoms with E-state index in [1.807, 2.05) is 17.0 Å². The molecule has 0 atom stereocenters. The van der Waals surface area contributed by atoms with Gasteiger partial charge < -0.3 is 14.6 Å². The molecule has 0 unspecified atom stereocenters. The van der Waals surface area contributed by atoms with Gasteiger partial charge in [0.25, 0.3) is 0 Å². The number of ether oxygens (including phenoxy) is 2. The summed E-state index contributed by atoms with van der Waals surface area (Å²) in [7, 11) is 0. The third kappa shape index (κ3) is 5.58. The second-order valence-electron chi connectivity index (χ2n) is 6.19. The first-order valence-corrected chi connectivity index (χ1v) is 8.16. The molecule has 0 saturated carbocycles. The Labute approximate surface area is 153 Å². The van der Waals surface area contributed by atoms with E-state index in [0.29, 0.717) is 31.1 Å². The largest absolute Gasteiger partial charge is 0.573 e. The molecule has 0 aliphatic carbocycles. The molecular formula is C18H17F3N2O4. The number of pyridine rings is 1. The summed E-state index contributed by atoms with van der Waals surface area (Å²) in [4.78, 5) is 16.8. The van der Waals surface area contributed by atoms with E-state index >= 15 is 0 Å². The lowest BCUT2D eigenvalue weighted by atomic mass is 10.00. The molecule has 1 aliphatic rings. The van der Waals surface area contributed by atoms with Crippen molar-refractivity contribution in [1.29, 1.82) is 0 Å². The van der Waals surface area contributed by atoms with Gasteiger partial charge in [-0.3, -0.25) is 14.7 Å². The smallest absolute Gasteiger partial charge is 0.487 e. The first-order chi connectivity index (χ1) is 12.8. The molecule has 27 heavy (non-hydrogen) atoms. The highest BCUT2D eigenvalue weighted by atomic mass is 19.4. The summed E-state index contributed by atoms with van der Waals surface area (Å²) in [6, 6.07) is 9.51. The average molecular weight is 382 g/mol. The predicted octanol–water partition coefficient (Wildman–Crippen LogP) is 3.08. The van der Waals surface area contributed by atoms with E-state index in [1.165, 1.54) is 12.3 Å². The number of aromatic nitrogens is 1. The lowest BCUT2D eigenvalue weighted by molar-refractivity contribution is -0.274. The van der Waals surface area contributed by atoms with Gasteiger partial charge in [0.15, 0.2) is 0 Å². The fraction of sp³-hybridized carbons (Fsp3) is 0.333. The fourth-order valence-electron chi connectivity index (χ4n) is 2.69. The molecule has 1 saturated heterocycles. The summed E-state index contributed by atoms with van der Waals surface area (Å²) in [5, 5.41) is 8.87. The molecule has 1 fully saturated rings. The summed E-state index contributed by atoms with van der Waals surface area (Å²) in [6.45, 7) is 1.73. The molecule has 2 aromatic rings. The highest BCUT2D eigenvalue weighted by Gasteiger charge is 2.32. The molecule has 0 bridgehead atoms. The number of carboxylic acids is 1. The minimum absolute atomic E-state index is 0.000814. The van der Waals surface area contributed by atoms with Crippen LogP contribution in [0.3, 0.4) is 0 Å². The number of alkyl halides is 3. The molecule has 1 N–H and O–H groups in total. The highest BCUT2D eigenvalue weighted by Crippen LogP contribution is 2.24. The molecule has 3 rings (SSSR count). The van der Waals surface area contributed by atoms with Crippen molar-refractivity contribution in [3.05, 3.63) is 53.9 Å². The summed E-state index contributed by atoms with van der Waals surface area (Å²) in [5.74, 6) is -0.860. The second-order valence-corrected chi connectivity index (χ2v) is 6.19. The number of aliphatic carboxylic acids is 1. The molecule has 1 aromatic carbocycles. The third-order valence-corrected chi connectivity index (χ3v) is 4.04. The van der Waals surface area contributed by atoms with Gasteiger partial charge in [0.2, 0.25) is 0 Å². The monoisotopic (exact) mass is 382 g/mol. The average Bonchev–Trinajstić information content (AvgIpc) is 2.55. The summed E-state index contributed by atoms with van der Waals surface area (Å²) >= 11 is 0. The van der Waals surface area contributed by atoms with Gasteiger partial charge in [-0.25, -0.2) is 0 Å². The maximum atomic E-state index is 12.2. The minimum Gasteiger partial charge on any atom is -0.487 e. The van der Waals surface area contributed by atoms with Crippen LogP contribution in [0.5, 0.6) is 11.5 Å². The van der Waals surface area contributed by atoms with Gasteiger partial charge in [0.1, 0.15) is 18.1 Å². The number of hydrogen-bond donors (Lipinski definition) is 1. The van der Waals surface area contributed by atoms with Crippen LogP contribution in [0.1, 0.15) is 11.3 Å². The normalized spacial score (nSPS) is 15.2. The molecule has 2 heterocycles. The summed E-state index contributed by atoms with van der Waals surface area (Å²) in [6.07, 6.45) is -3.53. The quantitative estimate of drug-likeness (QED) is 0.794. The van der Waals surface area contributed by atoms with Crippen molar-refractivity contribution < 1.29 is 32.5 Å². The van der Waals surface area contributed by atoms with Crippen molar-refractivity contribution >= 4 is 5.97 Å². The van der Waals surface area contributed by atoms with Crippen molar-refractivity contribution in [3.63, 3.8) is 0 Å². The first-order valence-electron chi connectivity index (χ1n) is 8.16. The number of halogens is 3. The summed E-state index contributed by atoms with van der Waals surface area (Å²) < 4.78 is 46.1. The standard InChI is InChI=1S/C18H17F3N2O4/c19-18(20,21)27-16-5-6-22-14(7-16)11-26-15-3-1-12(2-4-15)8-23-9-13(10-23)17(24)25/h1-7,13H,8-11H2,(H,24,25). The predicted molar refractivity (Wildman–Crippen MR) is 88.1 cm³/mol. The van der Waals surface area contributed by atoms with Gasteiger partial charge in [-0.15, -0.1) is 13.2 Å². The molecular weight excluding hydrogens is 365 g/mol. The van der Waals surface area contributed by atoms with E-state index in [9.17, 15) is 18.0 Å². The van der Waals surface area contributed by atoms with Crippen molar-refractivity contribution in [1.82, 2.24) is 9.88 Å². The molecule has 0 radical (unpaired) electrons. The van der Waals surface area contributed by atoms with Crippen LogP contribution >= 0.6 is 0 Å². The van der Waals surface area contributed by atoms with Crippen LogP contribution in [0.2, 0.25) is 0 Å². The minimum atomic E-state index is -4.75. The van der Waals surface area contributed by atoms with E-state index < -0.39 is 12.3 Å². The summed E-state index contributed by atoms with van der Waals surface area (Å²) in [5.41, 5.74) is 1.33. The van der Waals surface area contributed by atoms with Gasteiger partial charge in [-0.2, -0.15) is 0 Å². The number of nitrogens with zero attached hydrogens (tertiary/aromatic N) is 2. The lowest BCUT2D eigenvalue weighted by Gasteiger charge is -2.36. The van der Waals surface area contributed by atoms with Crippen LogP contribution < -0.4 is 9.47 Å². The third-order valence-electron chi connectivity index (χ3n) is 4.04. The van der Waals surface area contributed by atoms with Crippen molar-refractivity contribution in [2.24, 2.45) is 5.92 Å². The maximum Gasteiger partial charge on any atom is 0.573 e. The Morgan fingerprint density at radius 3 is 2.52 bits per heavy atom. The van der Waals surface area contributed by atoms with Crippen LogP contribution in [-0.4, -0.2) is 40.4 Å².